The third-order valence-electron chi connectivity index (χ3n) is 4.49. The van der Waals surface area contributed by atoms with E-state index in [2.05, 4.69) is 27.3 Å². The quantitative estimate of drug-likeness (QED) is 0.902. The van der Waals surface area contributed by atoms with E-state index in [1.54, 1.807) is 18.2 Å². The molecule has 1 amide bonds. The van der Waals surface area contributed by atoms with E-state index in [0.717, 1.165) is 32.4 Å². The lowest BCUT2D eigenvalue weighted by molar-refractivity contribution is 0.0906. The number of carbonyl (C=O) groups excluding carboxylic acids is 1. The number of halogens is 1. The Morgan fingerprint density at radius 2 is 2.04 bits per heavy atom. The monoisotopic (exact) mass is 345 g/mol. The van der Waals surface area contributed by atoms with Gasteiger partial charge in [-0.1, -0.05) is 19.1 Å². The van der Waals surface area contributed by atoms with Gasteiger partial charge in [-0.2, -0.15) is 0 Å². The number of carbonyl (C=O) groups is 1. The van der Waals surface area contributed by atoms with Gasteiger partial charge in [0.05, 0.1) is 0 Å². The van der Waals surface area contributed by atoms with Gasteiger partial charge in [0.25, 0.3) is 5.91 Å². The van der Waals surface area contributed by atoms with Gasteiger partial charge in [-0.25, -0.2) is 14.1 Å². The summed E-state index contributed by atoms with van der Waals surface area (Å²) in [6.45, 7) is 3.94. The number of piperidine rings is 1. The predicted octanol–water partition coefficient (Wildman–Crippen LogP) is 2.18. The van der Waals surface area contributed by atoms with Crippen LogP contribution < -0.4 is 5.32 Å². The van der Waals surface area contributed by atoms with E-state index in [1.165, 1.54) is 10.7 Å². The van der Waals surface area contributed by atoms with Crippen molar-refractivity contribution in [3.63, 3.8) is 0 Å². The topological polar surface area (TPSA) is 63.1 Å². The molecule has 134 valence electrons. The highest BCUT2D eigenvalue weighted by Gasteiger charge is 2.23. The molecule has 0 spiro atoms. The molecule has 1 aromatic heterocycles. The van der Waals surface area contributed by atoms with Gasteiger partial charge in [-0.3, -0.25) is 4.79 Å². The highest BCUT2D eigenvalue weighted by molar-refractivity contribution is 5.90. The maximum Gasteiger partial charge on any atom is 0.291 e. The minimum absolute atomic E-state index is 0.102. The average molecular weight is 345 g/mol. The molecule has 0 bridgehead atoms. The fourth-order valence-corrected chi connectivity index (χ4v) is 3.05. The molecule has 1 fully saturated rings. The molecule has 6 nitrogen and oxygen atoms in total. The van der Waals surface area contributed by atoms with Gasteiger partial charge in [0.15, 0.2) is 0 Å². The predicted molar refractivity (Wildman–Crippen MR) is 93.3 cm³/mol. The Kier molecular flexibility index (Phi) is 5.43. The van der Waals surface area contributed by atoms with Crippen molar-refractivity contribution in [2.45, 2.75) is 38.6 Å². The van der Waals surface area contributed by atoms with Gasteiger partial charge < -0.3 is 10.2 Å². The van der Waals surface area contributed by atoms with Crippen LogP contribution in [0.3, 0.4) is 0 Å². The van der Waals surface area contributed by atoms with E-state index in [1.807, 2.05) is 6.92 Å². The van der Waals surface area contributed by atoms with Crippen molar-refractivity contribution in [1.82, 2.24) is 25.0 Å². The highest BCUT2D eigenvalue weighted by Crippen LogP contribution is 2.16. The third kappa shape index (κ3) is 4.04. The Hall–Kier alpha value is -2.28. The average Bonchev–Trinajstić information content (AvgIpc) is 3.02. The van der Waals surface area contributed by atoms with Crippen molar-refractivity contribution >= 4 is 5.91 Å². The molecule has 7 heteroatoms. The van der Waals surface area contributed by atoms with Crippen LogP contribution in [0.5, 0.6) is 0 Å². The first-order chi connectivity index (χ1) is 12.1. The summed E-state index contributed by atoms with van der Waals surface area (Å²) in [5.41, 5.74) is 0.316. The van der Waals surface area contributed by atoms with Crippen LogP contribution in [-0.4, -0.2) is 51.8 Å². The number of aromatic nitrogens is 3. The lowest BCUT2D eigenvalue weighted by Gasteiger charge is -2.29. The molecule has 0 radical (unpaired) electrons. The van der Waals surface area contributed by atoms with Crippen molar-refractivity contribution in [2.24, 2.45) is 0 Å². The first-order valence-electron chi connectivity index (χ1n) is 8.78. The smallest absolute Gasteiger partial charge is 0.291 e. The van der Waals surface area contributed by atoms with Crippen LogP contribution >= 0.6 is 0 Å². The Morgan fingerprint density at radius 3 is 2.72 bits per heavy atom. The Morgan fingerprint density at radius 1 is 1.32 bits per heavy atom. The molecule has 0 aliphatic carbocycles. The zero-order valence-corrected chi connectivity index (χ0v) is 14.7. The summed E-state index contributed by atoms with van der Waals surface area (Å²) in [5.74, 6) is 0.0285. The lowest BCUT2D eigenvalue weighted by atomic mass is 10.1. The van der Waals surface area contributed by atoms with Crippen molar-refractivity contribution in [3.8, 4) is 5.69 Å². The summed E-state index contributed by atoms with van der Waals surface area (Å²) in [6, 6.07) is 6.53. The molecule has 25 heavy (non-hydrogen) atoms. The normalized spacial score (nSPS) is 16.1. The van der Waals surface area contributed by atoms with Crippen LogP contribution in [0.1, 0.15) is 42.6 Å². The molecule has 2 aromatic rings. The largest absolute Gasteiger partial charge is 0.346 e. The molecule has 0 saturated carbocycles. The Balaban J connectivity index is 1.81. The van der Waals surface area contributed by atoms with E-state index in [-0.39, 0.29) is 23.6 Å². The standard InChI is InChI=1S/C18H24FN5O/c1-3-6-16-21-17(18(25)20-13-9-11-23(2)12-10-13)22-24(16)15-8-5-4-7-14(15)19/h4-5,7-8,13H,3,6,9-12H2,1-2H3,(H,20,25). The first-order valence-corrected chi connectivity index (χ1v) is 8.78. The molecule has 1 aromatic carbocycles. The number of aryl methyl sites for hydroxylation is 1. The van der Waals surface area contributed by atoms with E-state index >= 15 is 0 Å². The summed E-state index contributed by atoms with van der Waals surface area (Å²) < 4.78 is 15.6. The van der Waals surface area contributed by atoms with Crippen LogP contribution in [0.15, 0.2) is 24.3 Å². The number of rotatable bonds is 5. The number of para-hydroxylation sites is 1. The molecule has 1 N–H and O–H groups in total. The molecule has 0 unspecified atom stereocenters. The van der Waals surface area contributed by atoms with Gasteiger partial charge in [-0.15, -0.1) is 5.10 Å². The SMILES string of the molecule is CCCc1nc(C(=O)NC2CCN(C)CC2)nn1-c1ccccc1F. The molecule has 3 rings (SSSR count). The number of benzene rings is 1. The summed E-state index contributed by atoms with van der Waals surface area (Å²) in [7, 11) is 2.08. The summed E-state index contributed by atoms with van der Waals surface area (Å²) in [4.78, 5) is 19.1. The second-order valence-electron chi connectivity index (χ2n) is 6.52. The van der Waals surface area contributed by atoms with Crippen molar-refractivity contribution in [1.29, 1.82) is 0 Å². The second kappa shape index (κ2) is 7.74. The van der Waals surface area contributed by atoms with E-state index in [4.69, 9.17) is 0 Å². The number of amides is 1. The van der Waals surface area contributed by atoms with Crippen LogP contribution in [0.4, 0.5) is 4.39 Å². The number of hydrogen-bond donors (Lipinski definition) is 1. The summed E-state index contributed by atoms with van der Waals surface area (Å²) >= 11 is 0. The minimum atomic E-state index is -0.382. The minimum Gasteiger partial charge on any atom is -0.346 e. The van der Waals surface area contributed by atoms with E-state index in [9.17, 15) is 9.18 Å². The highest BCUT2D eigenvalue weighted by atomic mass is 19.1. The van der Waals surface area contributed by atoms with Crippen LogP contribution in [0.2, 0.25) is 0 Å². The molecule has 0 atom stereocenters. The maximum absolute atomic E-state index is 14.1. The van der Waals surface area contributed by atoms with Gasteiger partial charge in [-0.05, 0) is 51.5 Å². The zero-order chi connectivity index (χ0) is 17.8. The molecule has 1 aliphatic rings. The van der Waals surface area contributed by atoms with Crippen molar-refractivity contribution in [2.75, 3.05) is 20.1 Å². The van der Waals surface area contributed by atoms with Crippen molar-refractivity contribution in [3.05, 3.63) is 41.7 Å². The number of hydrogen-bond acceptors (Lipinski definition) is 4. The maximum atomic E-state index is 14.1. The van der Waals surface area contributed by atoms with Crippen LogP contribution in [-0.2, 0) is 6.42 Å². The van der Waals surface area contributed by atoms with Crippen LogP contribution in [0, 0.1) is 5.82 Å². The van der Waals surface area contributed by atoms with Crippen molar-refractivity contribution < 1.29 is 9.18 Å². The molecule has 1 saturated heterocycles. The van der Waals surface area contributed by atoms with Crippen LogP contribution in [0.25, 0.3) is 5.69 Å². The van der Waals surface area contributed by atoms with E-state index < -0.39 is 0 Å². The first kappa shape index (κ1) is 17.5. The van der Waals surface area contributed by atoms with E-state index in [0.29, 0.717) is 17.9 Å². The summed E-state index contributed by atoms with van der Waals surface area (Å²) in [6.07, 6.45) is 3.29. The van der Waals surface area contributed by atoms with Gasteiger partial charge >= 0.3 is 0 Å². The number of nitrogens with zero attached hydrogens (tertiary/aromatic N) is 4. The zero-order valence-electron chi connectivity index (χ0n) is 14.7. The lowest BCUT2D eigenvalue weighted by Crippen LogP contribution is -2.43. The molecular formula is C18H24FN5O. The fourth-order valence-electron chi connectivity index (χ4n) is 3.05. The van der Waals surface area contributed by atoms with Gasteiger partial charge in [0, 0.05) is 12.5 Å². The van der Waals surface area contributed by atoms with Gasteiger partial charge in [0.1, 0.15) is 17.3 Å². The second-order valence-corrected chi connectivity index (χ2v) is 6.52. The molecule has 2 heterocycles. The fraction of sp³-hybridized carbons (Fsp3) is 0.500. The third-order valence-corrected chi connectivity index (χ3v) is 4.49. The number of nitrogens with one attached hydrogen (secondary N) is 1. The molecule has 1 aliphatic heterocycles. The summed E-state index contributed by atoms with van der Waals surface area (Å²) in [5, 5.41) is 7.29. The number of likely N-dealkylation sites (tertiary alicyclic amines) is 1. The Bertz CT molecular complexity index is 737. The molecular weight excluding hydrogens is 321 g/mol. The Labute approximate surface area is 147 Å². The van der Waals surface area contributed by atoms with Gasteiger partial charge in [0.2, 0.25) is 5.82 Å².